The summed E-state index contributed by atoms with van der Waals surface area (Å²) in [5.74, 6) is 1.99. The van der Waals surface area contributed by atoms with E-state index in [1.165, 1.54) is 12.7 Å². The molecule has 0 amide bonds. The van der Waals surface area contributed by atoms with E-state index in [1.54, 1.807) is 6.07 Å². The maximum Gasteiger partial charge on any atom is 0.416 e. The quantitative estimate of drug-likeness (QED) is 0.488. The number of nitrogens with zero attached hydrogens (tertiary/aromatic N) is 1. The molecule has 7 nitrogen and oxygen atoms in total. The highest BCUT2D eigenvalue weighted by molar-refractivity contribution is 7.87. The molecule has 2 unspecified atom stereocenters. The topological polar surface area (TPSA) is 74.3 Å². The number of alkyl halides is 3. The molecule has 2 atom stereocenters. The van der Waals surface area contributed by atoms with Crippen molar-refractivity contribution in [1.82, 2.24) is 4.90 Å². The fourth-order valence-corrected chi connectivity index (χ4v) is 7.01. The maximum atomic E-state index is 13.1. The van der Waals surface area contributed by atoms with E-state index < -0.39 is 21.9 Å². The number of benzene rings is 2. The summed E-state index contributed by atoms with van der Waals surface area (Å²) in [4.78, 5) is 1.96. The Hall–Kier alpha value is -3.18. The van der Waals surface area contributed by atoms with E-state index >= 15 is 0 Å². The highest BCUT2D eigenvalue weighted by Gasteiger charge is 2.50. The third kappa shape index (κ3) is 4.03. The molecule has 4 aliphatic rings. The molecule has 3 heterocycles. The molecule has 0 bridgehead atoms. The molecule has 1 fully saturated rings. The Morgan fingerprint density at radius 1 is 1.11 bits per heavy atom. The van der Waals surface area contributed by atoms with Gasteiger partial charge in [-0.25, -0.2) is 0 Å². The summed E-state index contributed by atoms with van der Waals surface area (Å²) in [6.45, 7) is 3.69. The highest BCUT2D eigenvalue weighted by Crippen LogP contribution is 2.53. The molecule has 0 N–H and O–H groups in total. The van der Waals surface area contributed by atoms with Crippen molar-refractivity contribution in [3.05, 3.63) is 76.3 Å². The SMILES string of the molecule is COc1ccc2c(c1OS(=O)(=O)c1ccc(C(F)(F)F)cc1)CN1CCC3=CC4=C(CC3(C)C1C2)OCO4. The van der Waals surface area contributed by atoms with Gasteiger partial charge in [0.05, 0.1) is 12.7 Å². The Bertz CT molecular complexity index is 1460. The second-order valence-corrected chi connectivity index (χ2v) is 11.7. The number of piperidine rings is 1. The van der Waals surface area contributed by atoms with Crippen LogP contribution in [0.25, 0.3) is 0 Å². The van der Waals surface area contributed by atoms with Crippen molar-refractivity contribution >= 4 is 10.1 Å². The molecule has 0 spiro atoms. The second-order valence-electron chi connectivity index (χ2n) is 10.2. The molecule has 0 saturated carbocycles. The van der Waals surface area contributed by atoms with Gasteiger partial charge in [-0.3, -0.25) is 4.90 Å². The number of rotatable bonds is 4. The summed E-state index contributed by atoms with van der Waals surface area (Å²) >= 11 is 0. The van der Waals surface area contributed by atoms with Gasteiger partial charge in [0.25, 0.3) is 0 Å². The minimum Gasteiger partial charge on any atom is -0.493 e. The Labute approximate surface area is 218 Å². The molecule has 1 aliphatic carbocycles. The van der Waals surface area contributed by atoms with Crippen LogP contribution < -0.4 is 8.92 Å². The molecule has 3 aliphatic heterocycles. The maximum absolute atomic E-state index is 13.1. The Kier molecular flexibility index (Phi) is 5.73. The third-order valence-corrected chi connectivity index (χ3v) is 9.35. The van der Waals surface area contributed by atoms with Crippen molar-refractivity contribution in [2.45, 2.75) is 49.8 Å². The van der Waals surface area contributed by atoms with E-state index in [-0.39, 0.29) is 34.6 Å². The first-order chi connectivity index (χ1) is 18.0. The lowest BCUT2D eigenvalue weighted by Gasteiger charge is -2.53. The molecular weight excluding hydrogens is 523 g/mol. The summed E-state index contributed by atoms with van der Waals surface area (Å²) in [6.07, 6.45) is -0.237. The minimum absolute atomic E-state index is 0.0657. The zero-order chi connectivity index (χ0) is 26.9. The molecule has 0 radical (unpaired) electrons. The van der Waals surface area contributed by atoms with Gasteiger partial charge in [-0.15, -0.1) is 0 Å². The third-order valence-electron chi connectivity index (χ3n) is 8.11. The number of fused-ring (bicyclic) bond motifs is 4. The lowest BCUT2D eigenvalue weighted by atomic mass is 9.63. The fraction of sp³-hybridized carbons (Fsp3) is 0.407. The molecule has 0 aromatic heterocycles. The zero-order valence-electron chi connectivity index (χ0n) is 20.8. The molecule has 1 saturated heterocycles. The first-order valence-electron chi connectivity index (χ1n) is 12.2. The number of methoxy groups -OCH3 is 1. The van der Waals surface area contributed by atoms with E-state index in [9.17, 15) is 21.6 Å². The Morgan fingerprint density at radius 3 is 2.58 bits per heavy atom. The van der Waals surface area contributed by atoms with E-state index in [1.807, 2.05) is 6.07 Å². The first kappa shape index (κ1) is 25.1. The van der Waals surface area contributed by atoms with Crippen LogP contribution in [-0.2, 0) is 38.7 Å². The van der Waals surface area contributed by atoms with Crippen LogP contribution in [0.3, 0.4) is 0 Å². The van der Waals surface area contributed by atoms with Gasteiger partial charge in [0.1, 0.15) is 10.7 Å². The van der Waals surface area contributed by atoms with Gasteiger partial charge in [0, 0.05) is 36.5 Å². The van der Waals surface area contributed by atoms with Gasteiger partial charge < -0.3 is 18.4 Å². The van der Waals surface area contributed by atoms with Crippen molar-refractivity contribution in [2.75, 3.05) is 20.4 Å². The average Bonchev–Trinajstić information content (AvgIpc) is 3.33. The number of hydrogen-bond acceptors (Lipinski definition) is 7. The van der Waals surface area contributed by atoms with Gasteiger partial charge >= 0.3 is 16.3 Å². The standard InChI is InChI=1S/C27H26F3NO6S/c1-26-13-23-22(35-15-36-23)12-18(26)9-10-31-14-20-16(11-24(26)31)3-8-21(34-2)25(20)37-38(32,33)19-6-4-17(5-7-19)27(28,29)30/h3-8,12,24H,9-11,13-15H2,1-2H3. The van der Waals surface area contributed by atoms with Crippen molar-refractivity contribution in [3.8, 4) is 11.5 Å². The molecule has 2 aromatic carbocycles. The summed E-state index contributed by atoms with van der Waals surface area (Å²) < 4.78 is 87.5. The summed E-state index contributed by atoms with van der Waals surface area (Å²) in [5, 5.41) is 0. The van der Waals surface area contributed by atoms with Crippen molar-refractivity contribution in [2.24, 2.45) is 5.41 Å². The summed E-state index contributed by atoms with van der Waals surface area (Å²) in [5.41, 5.74) is 1.85. The Balaban J connectivity index is 1.33. The van der Waals surface area contributed by atoms with Crippen molar-refractivity contribution < 1.29 is 40.0 Å². The van der Waals surface area contributed by atoms with Crippen LogP contribution in [0.5, 0.6) is 11.5 Å². The summed E-state index contributed by atoms with van der Waals surface area (Å²) in [7, 11) is -3.01. The van der Waals surface area contributed by atoms with Crippen molar-refractivity contribution in [1.29, 1.82) is 0 Å². The van der Waals surface area contributed by atoms with Crippen LogP contribution >= 0.6 is 0 Å². The second kappa shape index (κ2) is 8.67. The first-order valence-corrected chi connectivity index (χ1v) is 13.6. The largest absolute Gasteiger partial charge is 0.493 e. The monoisotopic (exact) mass is 549 g/mol. The number of ether oxygens (including phenoxy) is 3. The number of hydrogen-bond donors (Lipinski definition) is 0. The smallest absolute Gasteiger partial charge is 0.416 e. The van der Waals surface area contributed by atoms with Crippen LogP contribution in [0.15, 0.2) is 64.5 Å². The number of allylic oxidation sites excluding steroid dienone is 2. The van der Waals surface area contributed by atoms with E-state index in [0.717, 1.165) is 60.7 Å². The molecule has 6 rings (SSSR count). The molecular formula is C27H26F3NO6S. The predicted molar refractivity (Wildman–Crippen MR) is 130 cm³/mol. The fourth-order valence-electron chi connectivity index (χ4n) is 6.05. The highest BCUT2D eigenvalue weighted by atomic mass is 32.2. The Morgan fingerprint density at radius 2 is 1.87 bits per heavy atom. The van der Waals surface area contributed by atoms with Crippen LogP contribution in [0.1, 0.15) is 36.5 Å². The van der Waals surface area contributed by atoms with Gasteiger partial charge in [-0.1, -0.05) is 18.6 Å². The lowest BCUT2D eigenvalue weighted by molar-refractivity contribution is -0.137. The normalized spacial score (nSPS) is 24.8. The van der Waals surface area contributed by atoms with Gasteiger partial charge in [0.15, 0.2) is 17.3 Å². The molecule has 11 heteroatoms. The van der Waals surface area contributed by atoms with Gasteiger partial charge in [-0.2, -0.15) is 21.6 Å². The summed E-state index contributed by atoms with van der Waals surface area (Å²) in [6, 6.07) is 6.99. The minimum atomic E-state index is -4.57. The van der Waals surface area contributed by atoms with Crippen LogP contribution in [-0.4, -0.2) is 39.8 Å². The predicted octanol–water partition coefficient (Wildman–Crippen LogP) is 5.16. The lowest BCUT2D eigenvalue weighted by Crippen LogP contribution is -2.55. The van der Waals surface area contributed by atoms with E-state index in [4.69, 9.17) is 18.4 Å². The molecule has 2 aromatic rings. The van der Waals surface area contributed by atoms with Crippen molar-refractivity contribution in [3.63, 3.8) is 0 Å². The van der Waals surface area contributed by atoms with Crippen LogP contribution in [0, 0.1) is 5.41 Å². The zero-order valence-corrected chi connectivity index (χ0v) is 21.6. The molecule has 202 valence electrons. The number of halogens is 3. The van der Waals surface area contributed by atoms with Gasteiger partial charge in [-0.05, 0) is 54.8 Å². The molecule has 38 heavy (non-hydrogen) atoms. The van der Waals surface area contributed by atoms with Crippen LogP contribution in [0.4, 0.5) is 13.2 Å². The van der Waals surface area contributed by atoms with Gasteiger partial charge in [0.2, 0.25) is 6.79 Å². The average molecular weight is 550 g/mol. The van der Waals surface area contributed by atoms with Crippen LogP contribution in [0.2, 0.25) is 0 Å². The van der Waals surface area contributed by atoms with E-state index in [2.05, 4.69) is 17.9 Å². The van der Waals surface area contributed by atoms with E-state index in [0.29, 0.717) is 18.5 Å².